The third kappa shape index (κ3) is 3.05. The van der Waals surface area contributed by atoms with Crippen molar-refractivity contribution in [3.8, 4) is 0 Å². The molecule has 2 heteroatoms. The normalized spacial score (nSPS) is 18.9. The Labute approximate surface area is 110 Å². The molecule has 0 spiro atoms. The summed E-state index contributed by atoms with van der Waals surface area (Å²) in [6.07, 6.45) is 4.16. The van der Waals surface area contributed by atoms with Crippen molar-refractivity contribution in [3.05, 3.63) is 29.8 Å². The lowest BCUT2D eigenvalue weighted by molar-refractivity contribution is 0.0614. The number of nitrogens with one attached hydrogen (secondary N) is 1. The fraction of sp³-hybridized carbons (Fsp3) is 0.625. The molecule has 1 fully saturated rings. The van der Waals surface area contributed by atoms with Crippen LogP contribution in [0.2, 0.25) is 0 Å². The largest absolute Gasteiger partial charge is 0.388 e. The molecular formula is C16H25NO. The van der Waals surface area contributed by atoms with Crippen molar-refractivity contribution in [2.45, 2.75) is 57.5 Å². The first-order chi connectivity index (χ1) is 8.41. The van der Waals surface area contributed by atoms with E-state index in [9.17, 15) is 5.11 Å². The average molecular weight is 247 g/mol. The maximum Gasteiger partial charge on any atom is 0.0819 e. The van der Waals surface area contributed by atoms with Crippen molar-refractivity contribution in [1.29, 1.82) is 0 Å². The van der Waals surface area contributed by atoms with Gasteiger partial charge in [0.2, 0.25) is 0 Å². The summed E-state index contributed by atoms with van der Waals surface area (Å²) < 4.78 is 0. The number of para-hydroxylation sites is 1. The molecule has 1 aromatic carbocycles. The maximum absolute atomic E-state index is 10.4. The number of hydrogen-bond acceptors (Lipinski definition) is 2. The van der Waals surface area contributed by atoms with Gasteiger partial charge in [-0.1, -0.05) is 51.8 Å². The first-order valence-electron chi connectivity index (χ1n) is 6.97. The number of hydrogen-bond donors (Lipinski definition) is 2. The van der Waals surface area contributed by atoms with Crippen molar-refractivity contribution in [2.75, 3.05) is 11.9 Å². The zero-order chi connectivity index (χ0) is 13.2. The summed E-state index contributed by atoms with van der Waals surface area (Å²) in [4.78, 5) is 0. The molecule has 1 aliphatic carbocycles. The second-order valence-electron chi connectivity index (χ2n) is 6.58. The highest BCUT2D eigenvalue weighted by Crippen LogP contribution is 2.32. The van der Waals surface area contributed by atoms with E-state index in [0.717, 1.165) is 31.4 Å². The van der Waals surface area contributed by atoms with Crippen LogP contribution in [0.4, 0.5) is 5.69 Å². The molecule has 18 heavy (non-hydrogen) atoms. The predicted octanol–water partition coefficient (Wildman–Crippen LogP) is 3.70. The van der Waals surface area contributed by atoms with Gasteiger partial charge in [0, 0.05) is 12.2 Å². The fourth-order valence-corrected chi connectivity index (χ4v) is 2.76. The van der Waals surface area contributed by atoms with Crippen molar-refractivity contribution in [2.24, 2.45) is 0 Å². The summed E-state index contributed by atoms with van der Waals surface area (Å²) in [7, 11) is 0. The number of anilines is 1. The van der Waals surface area contributed by atoms with Gasteiger partial charge in [-0.3, -0.25) is 0 Å². The summed E-state index contributed by atoms with van der Waals surface area (Å²) in [5, 5.41) is 13.8. The molecule has 0 saturated heterocycles. The minimum Gasteiger partial charge on any atom is -0.388 e. The number of aliphatic hydroxyl groups is 1. The van der Waals surface area contributed by atoms with Crippen molar-refractivity contribution in [1.82, 2.24) is 0 Å². The second kappa shape index (κ2) is 4.93. The molecule has 0 unspecified atom stereocenters. The topological polar surface area (TPSA) is 32.3 Å². The van der Waals surface area contributed by atoms with Crippen LogP contribution in [0.5, 0.6) is 0 Å². The Hall–Kier alpha value is -1.02. The van der Waals surface area contributed by atoms with Gasteiger partial charge in [0.25, 0.3) is 0 Å². The van der Waals surface area contributed by atoms with E-state index in [-0.39, 0.29) is 5.41 Å². The molecule has 1 aromatic rings. The molecule has 0 amide bonds. The fourth-order valence-electron chi connectivity index (χ4n) is 2.76. The van der Waals surface area contributed by atoms with Gasteiger partial charge in [0.1, 0.15) is 0 Å². The minimum atomic E-state index is -0.495. The van der Waals surface area contributed by atoms with E-state index in [1.54, 1.807) is 0 Å². The summed E-state index contributed by atoms with van der Waals surface area (Å²) in [6, 6.07) is 8.41. The van der Waals surface area contributed by atoms with E-state index in [2.05, 4.69) is 50.4 Å². The zero-order valence-electron chi connectivity index (χ0n) is 11.8. The standard InChI is InChI=1S/C16H25NO/c1-15(2,3)13-8-4-5-9-14(13)17-12-16(18)10-6-7-11-16/h4-5,8-9,17-18H,6-7,10-12H2,1-3H3. The molecule has 2 N–H and O–H groups in total. The molecule has 0 aromatic heterocycles. The van der Waals surface area contributed by atoms with E-state index in [1.807, 2.05) is 0 Å². The Morgan fingerprint density at radius 3 is 2.39 bits per heavy atom. The summed E-state index contributed by atoms with van der Waals surface area (Å²) in [5.41, 5.74) is 2.10. The summed E-state index contributed by atoms with van der Waals surface area (Å²) in [6.45, 7) is 7.33. The van der Waals surface area contributed by atoms with Crippen molar-refractivity contribution >= 4 is 5.69 Å². The molecule has 0 heterocycles. The zero-order valence-corrected chi connectivity index (χ0v) is 11.8. The monoisotopic (exact) mass is 247 g/mol. The first-order valence-corrected chi connectivity index (χ1v) is 6.97. The average Bonchev–Trinajstić information content (AvgIpc) is 2.73. The maximum atomic E-state index is 10.4. The van der Waals surface area contributed by atoms with E-state index in [4.69, 9.17) is 0 Å². The molecule has 2 nitrogen and oxygen atoms in total. The quantitative estimate of drug-likeness (QED) is 0.853. The van der Waals surface area contributed by atoms with Crippen LogP contribution in [0.1, 0.15) is 52.0 Å². The van der Waals surface area contributed by atoms with Crippen molar-refractivity contribution < 1.29 is 5.11 Å². The molecule has 0 bridgehead atoms. The third-order valence-electron chi connectivity index (χ3n) is 3.88. The Bertz CT molecular complexity index is 400. The molecule has 2 rings (SSSR count). The molecule has 0 atom stereocenters. The highest BCUT2D eigenvalue weighted by molar-refractivity contribution is 5.54. The van der Waals surface area contributed by atoms with Gasteiger partial charge < -0.3 is 10.4 Å². The Morgan fingerprint density at radius 1 is 1.17 bits per heavy atom. The smallest absolute Gasteiger partial charge is 0.0819 e. The van der Waals surface area contributed by atoms with Crippen LogP contribution in [0, 0.1) is 0 Å². The molecule has 1 saturated carbocycles. The van der Waals surface area contributed by atoms with Crippen LogP contribution in [-0.2, 0) is 5.41 Å². The van der Waals surface area contributed by atoms with Crippen molar-refractivity contribution in [3.63, 3.8) is 0 Å². The number of benzene rings is 1. The van der Waals surface area contributed by atoms with Gasteiger partial charge in [0.05, 0.1) is 5.60 Å². The van der Waals surface area contributed by atoms with E-state index in [1.165, 1.54) is 5.56 Å². The Morgan fingerprint density at radius 2 is 1.78 bits per heavy atom. The van der Waals surface area contributed by atoms with E-state index < -0.39 is 5.60 Å². The predicted molar refractivity (Wildman–Crippen MR) is 77.0 cm³/mol. The highest BCUT2D eigenvalue weighted by Gasteiger charge is 2.31. The highest BCUT2D eigenvalue weighted by atomic mass is 16.3. The van der Waals surface area contributed by atoms with Gasteiger partial charge in [0.15, 0.2) is 0 Å². The second-order valence-corrected chi connectivity index (χ2v) is 6.58. The lowest BCUT2D eigenvalue weighted by Crippen LogP contribution is -2.34. The SMILES string of the molecule is CC(C)(C)c1ccccc1NCC1(O)CCCC1. The van der Waals surface area contributed by atoms with Crippen LogP contribution < -0.4 is 5.32 Å². The van der Waals surface area contributed by atoms with E-state index >= 15 is 0 Å². The van der Waals surface area contributed by atoms with Gasteiger partial charge in [-0.2, -0.15) is 0 Å². The third-order valence-corrected chi connectivity index (χ3v) is 3.88. The lowest BCUT2D eigenvalue weighted by Gasteiger charge is -2.27. The molecule has 1 aliphatic rings. The first kappa shape index (κ1) is 13.4. The lowest BCUT2D eigenvalue weighted by atomic mass is 9.85. The van der Waals surface area contributed by atoms with Gasteiger partial charge in [-0.25, -0.2) is 0 Å². The van der Waals surface area contributed by atoms with Crippen LogP contribution in [0.3, 0.4) is 0 Å². The Kier molecular flexibility index (Phi) is 3.67. The van der Waals surface area contributed by atoms with Gasteiger partial charge in [-0.15, -0.1) is 0 Å². The van der Waals surface area contributed by atoms with Crippen LogP contribution in [0.25, 0.3) is 0 Å². The molecule has 100 valence electrons. The summed E-state index contributed by atoms with van der Waals surface area (Å²) in [5.74, 6) is 0. The van der Waals surface area contributed by atoms with Gasteiger partial charge in [-0.05, 0) is 29.9 Å². The molecule has 0 radical (unpaired) electrons. The summed E-state index contributed by atoms with van der Waals surface area (Å²) >= 11 is 0. The minimum absolute atomic E-state index is 0.127. The van der Waals surface area contributed by atoms with Crippen LogP contribution >= 0.6 is 0 Å². The Balaban J connectivity index is 2.10. The molecular weight excluding hydrogens is 222 g/mol. The van der Waals surface area contributed by atoms with E-state index in [0.29, 0.717) is 6.54 Å². The van der Waals surface area contributed by atoms with Crippen LogP contribution in [0.15, 0.2) is 24.3 Å². The molecule has 0 aliphatic heterocycles. The van der Waals surface area contributed by atoms with Gasteiger partial charge >= 0.3 is 0 Å². The van der Waals surface area contributed by atoms with Crippen LogP contribution in [-0.4, -0.2) is 17.3 Å². The number of rotatable bonds is 3.